The van der Waals surface area contributed by atoms with Crippen molar-refractivity contribution >= 4 is 17.5 Å². The Hall–Kier alpha value is -3.22. The number of rotatable bonds is 8. The molecule has 2 aromatic carbocycles. The van der Waals surface area contributed by atoms with E-state index < -0.39 is 6.10 Å². The number of nitrogens with one attached hydrogen (secondary N) is 1. The molecule has 0 saturated carbocycles. The number of amides is 2. The fraction of sp³-hybridized carbons (Fsp3) is 0.364. The van der Waals surface area contributed by atoms with Crippen molar-refractivity contribution in [3.05, 3.63) is 48.5 Å². The van der Waals surface area contributed by atoms with Crippen molar-refractivity contribution in [2.75, 3.05) is 31.2 Å². The average molecular weight is 398 g/mol. The van der Waals surface area contributed by atoms with E-state index in [2.05, 4.69) is 5.32 Å². The maximum atomic E-state index is 13.0. The van der Waals surface area contributed by atoms with Crippen LogP contribution in [0.4, 0.5) is 5.69 Å². The zero-order valence-electron chi connectivity index (χ0n) is 16.7. The molecule has 1 aliphatic heterocycles. The van der Waals surface area contributed by atoms with Gasteiger partial charge in [0, 0.05) is 6.54 Å². The van der Waals surface area contributed by atoms with Gasteiger partial charge in [-0.25, -0.2) is 0 Å². The van der Waals surface area contributed by atoms with Crippen LogP contribution in [0.3, 0.4) is 0 Å². The number of carbonyl (C=O) groups is 2. The summed E-state index contributed by atoms with van der Waals surface area (Å²) in [5.74, 6) is 1.09. The molecule has 0 spiro atoms. The van der Waals surface area contributed by atoms with Gasteiger partial charge in [-0.15, -0.1) is 0 Å². The van der Waals surface area contributed by atoms with Crippen LogP contribution in [0.2, 0.25) is 0 Å². The number of benzene rings is 2. The Morgan fingerprint density at radius 1 is 1.07 bits per heavy atom. The van der Waals surface area contributed by atoms with Gasteiger partial charge >= 0.3 is 0 Å². The quantitative estimate of drug-likeness (QED) is 0.740. The Bertz CT molecular complexity index is 855. The zero-order valence-corrected chi connectivity index (χ0v) is 16.7. The highest BCUT2D eigenvalue weighted by Crippen LogP contribution is 2.33. The smallest absolute Gasteiger partial charge is 0.265 e. The minimum atomic E-state index is -0.767. The molecule has 7 nitrogen and oxygen atoms in total. The van der Waals surface area contributed by atoms with Gasteiger partial charge in [0.1, 0.15) is 5.75 Å². The van der Waals surface area contributed by atoms with Crippen molar-refractivity contribution in [3.8, 4) is 17.2 Å². The van der Waals surface area contributed by atoms with Gasteiger partial charge in [-0.2, -0.15) is 0 Å². The van der Waals surface area contributed by atoms with Crippen LogP contribution in [0.1, 0.15) is 20.3 Å². The van der Waals surface area contributed by atoms with Crippen LogP contribution in [0.25, 0.3) is 0 Å². The van der Waals surface area contributed by atoms with Crippen LogP contribution in [-0.4, -0.2) is 44.2 Å². The van der Waals surface area contributed by atoms with Gasteiger partial charge in [0.05, 0.1) is 18.8 Å². The molecule has 3 rings (SSSR count). The molecule has 0 aromatic heterocycles. The summed E-state index contributed by atoms with van der Waals surface area (Å²) in [5, 5.41) is 2.82. The summed E-state index contributed by atoms with van der Waals surface area (Å²) in [4.78, 5) is 26.9. The molecule has 0 aliphatic carbocycles. The summed E-state index contributed by atoms with van der Waals surface area (Å²) in [5.41, 5.74) is 0.624. The normalized spacial score (nSPS) is 15.1. The Labute approximate surface area is 170 Å². The van der Waals surface area contributed by atoms with E-state index in [1.165, 1.54) is 4.90 Å². The fourth-order valence-electron chi connectivity index (χ4n) is 3.03. The second-order valence-corrected chi connectivity index (χ2v) is 6.54. The van der Waals surface area contributed by atoms with E-state index in [1.807, 2.05) is 38.1 Å². The SMILES string of the molecule is CCCNC(=O)[C@H]1CN(C(=O)COc2ccccc2OCC)c2ccccc2O1. The second kappa shape index (κ2) is 9.82. The highest BCUT2D eigenvalue weighted by atomic mass is 16.5. The summed E-state index contributed by atoms with van der Waals surface area (Å²) in [7, 11) is 0. The van der Waals surface area contributed by atoms with Crippen molar-refractivity contribution in [3.63, 3.8) is 0 Å². The molecule has 1 N–H and O–H groups in total. The van der Waals surface area contributed by atoms with Gasteiger partial charge < -0.3 is 24.4 Å². The van der Waals surface area contributed by atoms with Crippen molar-refractivity contribution in [1.82, 2.24) is 5.32 Å². The van der Waals surface area contributed by atoms with Crippen molar-refractivity contribution in [2.24, 2.45) is 0 Å². The summed E-state index contributed by atoms with van der Waals surface area (Å²) in [6.45, 7) is 4.87. The topological polar surface area (TPSA) is 77.1 Å². The molecule has 154 valence electrons. The lowest BCUT2D eigenvalue weighted by atomic mass is 10.1. The van der Waals surface area contributed by atoms with Crippen molar-refractivity contribution < 1.29 is 23.8 Å². The minimum Gasteiger partial charge on any atom is -0.490 e. The number of carbonyl (C=O) groups excluding carboxylic acids is 2. The Balaban J connectivity index is 1.74. The molecule has 1 heterocycles. The number of fused-ring (bicyclic) bond motifs is 1. The molecule has 0 fully saturated rings. The number of hydrogen-bond acceptors (Lipinski definition) is 5. The first kappa shape index (κ1) is 20.5. The van der Waals surface area contributed by atoms with Crippen LogP contribution >= 0.6 is 0 Å². The standard InChI is InChI=1S/C22H26N2O5/c1-3-13-23-22(26)20-14-24(16-9-5-6-10-17(16)29-20)21(25)15-28-19-12-8-7-11-18(19)27-4-2/h5-12,20H,3-4,13-15H2,1-2H3,(H,23,26)/t20-/m1/s1. The number of para-hydroxylation sites is 4. The van der Waals surface area contributed by atoms with E-state index in [-0.39, 0.29) is 25.0 Å². The van der Waals surface area contributed by atoms with Gasteiger partial charge in [-0.05, 0) is 37.6 Å². The van der Waals surface area contributed by atoms with Crippen molar-refractivity contribution in [1.29, 1.82) is 0 Å². The summed E-state index contributed by atoms with van der Waals surface area (Å²) in [6.07, 6.45) is 0.0567. The van der Waals surface area contributed by atoms with E-state index in [1.54, 1.807) is 24.3 Å². The van der Waals surface area contributed by atoms with Crippen LogP contribution in [-0.2, 0) is 9.59 Å². The number of hydrogen-bond donors (Lipinski definition) is 1. The summed E-state index contributed by atoms with van der Waals surface area (Å²) < 4.78 is 17.1. The lowest BCUT2D eigenvalue weighted by Crippen LogP contribution is -2.51. The van der Waals surface area contributed by atoms with E-state index in [0.29, 0.717) is 36.1 Å². The Morgan fingerprint density at radius 3 is 2.48 bits per heavy atom. The molecule has 1 atom stereocenters. The minimum absolute atomic E-state index is 0.127. The first-order valence-electron chi connectivity index (χ1n) is 9.82. The predicted molar refractivity (Wildman–Crippen MR) is 110 cm³/mol. The first-order valence-corrected chi connectivity index (χ1v) is 9.82. The fourth-order valence-corrected chi connectivity index (χ4v) is 3.03. The molecule has 0 radical (unpaired) electrons. The molecule has 7 heteroatoms. The van der Waals surface area contributed by atoms with E-state index in [0.717, 1.165) is 6.42 Å². The van der Waals surface area contributed by atoms with Crippen molar-refractivity contribution in [2.45, 2.75) is 26.4 Å². The van der Waals surface area contributed by atoms with Gasteiger partial charge in [0.15, 0.2) is 24.2 Å². The van der Waals surface area contributed by atoms with Crippen LogP contribution in [0.5, 0.6) is 17.2 Å². The molecule has 2 amide bonds. The van der Waals surface area contributed by atoms with Gasteiger partial charge in [-0.3, -0.25) is 9.59 Å². The average Bonchev–Trinajstić information content (AvgIpc) is 2.76. The summed E-state index contributed by atoms with van der Waals surface area (Å²) in [6, 6.07) is 14.4. The lowest BCUT2D eigenvalue weighted by molar-refractivity contribution is -0.128. The third-order valence-corrected chi connectivity index (χ3v) is 4.42. The molecule has 0 bridgehead atoms. The zero-order chi connectivity index (χ0) is 20.6. The molecule has 2 aromatic rings. The van der Waals surface area contributed by atoms with Gasteiger partial charge in [-0.1, -0.05) is 31.2 Å². The molecule has 0 saturated heterocycles. The third-order valence-electron chi connectivity index (χ3n) is 4.42. The maximum absolute atomic E-state index is 13.0. The van der Waals surface area contributed by atoms with Crippen LogP contribution in [0.15, 0.2) is 48.5 Å². The maximum Gasteiger partial charge on any atom is 0.265 e. The second-order valence-electron chi connectivity index (χ2n) is 6.54. The highest BCUT2D eigenvalue weighted by molar-refractivity contribution is 5.98. The van der Waals surface area contributed by atoms with Gasteiger partial charge in [0.25, 0.3) is 11.8 Å². The number of anilines is 1. The third kappa shape index (κ3) is 4.99. The summed E-state index contributed by atoms with van der Waals surface area (Å²) >= 11 is 0. The largest absolute Gasteiger partial charge is 0.490 e. The molecule has 0 unspecified atom stereocenters. The van der Waals surface area contributed by atoms with E-state index in [9.17, 15) is 9.59 Å². The van der Waals surface area contributed by atoms with E-state index >= 15 is 0 Å². The Kier molecular flexibility index (Phi) is 6.94. The molecular formula is C22H26N2O5. The predicted octanol–water partition coefficient (Wildman–Crippen LogP) is 2.78. The molecule has 1 aliphatic rings. The first-order chi connectivity index (χ1) is 14.1. The Morgan fingerprint density at radius 2 is 1.76 bits per heavy atom. The number of ether oxygens (including phenoxy) is 3. The lowest BCUT2D eigenvalue weighted by Gasteiger charge is -2.34. The highest BCUT2D eigenvalue weighted by Gasteiger charge is 2.33. The molecular weight excluding hydrogens is 372 g/mol. The van der Waals surface area contributed by atoms with Gasteiger partial charge in [0.2, 0.25) is 0 Å². The number of nitrogens with zero attached hydrogens (tertiary/aromatic N) is 1. The van der Waals surface area contributed by atoms with Crippen LogP contribution in [0, 0.1) is 0 Å². The van der Waals surface area contributed by atoms with E-state index in [4.69, 9.17) is 14.2 Å². The monoisotopic (exact) mass is 398 g/mol. The molecule has 29 heavy (non-hydrogen) atoms. The van der Waals surface area contributed by atoms with Crippen LogP contribution < -0.4 is 24.4 Å².